The Bertz CT molecular complexity index is 968. The number of imidazole rings is 1. The smallest absolute Gasteiger partial charge is 0.410 e. The second-order valence-electron chi connectivity index (χ2n) is 10.1. The molecular weight excluding hydrogens is 420 g/mol. The molecular formula is C25H34N4O4. The Morgan fingerprint density at radius 1 is 1.15 bits per heavy atom. The average Bonchev–Trinajstić information content (AvgIpc) is 3.43. The second-order valence-corrected chi connectivity index (χ2v) is 10.1. The molecule has 0 radical (unpaired) electrons. The van der Waals surface area contributed by atoms with Crippen molar-refractivity contribution >= 4 is 12.2 Å². The second kappa shape index (κ2) is 9.45. The molecule has 0 spiro atoms. The summed E-state index contributed by atoms with van der Waals surface area (Å²) < 4.78 is 5.59. The van der Waals surface area contributed by atoms with Crippen LogP contribution in [0.3, 0.4) is 0 Å². The number of nitrogens with one attached hydrogen (secondary N) is 1. The molecule has 1 aromatic carbocycles. The number of amides is 2. The molecule has 8 heteroatoms. The quantitative estimate of drug-likeness (QED) is 0.681. The number of aromatic nitrogens is 2. The number of carbonyl (C=O) groups is 2. The summed E-state index contributed by atoms with van der Waals surface area (Å²) in [6.45, 7) is 6.77. The first kappa shape index (κ1) is 23.1. The Kier molecular flexibility index (Phi) is 6.63. The number of ether oxygens (including phenoxy) is 1. The van der Waals surface area contributed by atoms with E-state index in [9.17, 15) is 14.7 Å². The highest BCUT2D eigenvalue weighted by atomic mass is 16.6. The van der Waals surface area contributed by atoms with Gasteiger partial charge in [-0.1, -0.05) is 30.3 Å². The Labute approximate surface area is 194 Å². The van der Waals surface area contributed by atoms with Crippen LogP contribution < -0.4 is 0 Å². The topological polar surface area (TPSA) is 98.8 Å². The molecule has 33 heavy (non-hydrogen) atoms. The van der Waals surface area contributed by atoms with Gasteiger partial charge in [-0.3, -0.25) is 4.90 Å². The van der Waals surface area contributed by atoms with Crippen molar-refractivity contribution in [3.8, 4) is 0 Å². The van der Waals surface area contributed by atoms with Crippen LogP contribution in [0.5, 0.6) is 0 Å². The SMILES string of the molecule is CC(C)(C)OC(=O)N1CCCC1c1ncc(C2CCN(C(=O)O)C(Cc3ccccc3)C2)[nH]1. The fraction of sp³-hybridized carbons (Fsp3) is 0.560. The van der Waals surface area contributed by atoms with E-state index < -0.39 is 11.7 Å². The highest BCUT2D eigenvalue weighted by Crippen LogP contribution is 2.36. The van der Waals surface area contributed by atoms with E-state index in [1.54, 1.807) is 9.80 Å². The lowest BCUT2D eigenvalue weighted by Crippen LogP contribution is -2.46. The fourth-order valence-corrected chi connectivity index (χ4v) is 4.98. The van der Waals surface area contributed by atoms with Crippen LogP contribution in [-0.4, -0.2) is 61.8 Å². The van der Waals surface area contributed by atoms with Crippen LogP contribution in [0.4, 0.5) is 9.59 Å². The number of piperidine rings is 1. The Morgan fingerprint density at radius 3 is 2.61 bits per heavy atom. The minimum atomic E-state index is -0.862. The van der Waals surface area contributed by atoms with E-state index in [1.165, 1.54) is 0 Å². The molecule has 3 heterocycles. The first-order valence-corrected chi connectivity index (χ1v) is 11.8. The largest absolute Gasteiger partial charge is 0.465 e. The summed E-state index contributed by atoms with van der Waals surface area (Å²) in [7, 11) is 0. The summed E-state index contributed by atoms with van der Waals surface area (Å²) in [5.74, 6) is 0.987. The predicted molar refractivity (Wildman–Crippen MR) is 124 cm³/mol. The number of carbonyl (C=O) groups excluding carboxylic acids is 1. The molecule has 2 aromatic rings. The van der Waals surface area contributed by atoms with Crippen LogP contribution >= 0.6 is 0 Å². The van der Waals surface area contributed by atoms with Gasteiger partial charge in [0.1, 0.15) is 11.4 Å². The molecule has 3 atom stereocenters. The molecule has 2 aliphatic heterocycles. The first-order valence-electron chi connectivity index (χ1n) is 11.8. The normalized spacial score (nSPS) is 23.5. The van der Waals surface area contributed by atoms with E-state index in [0.717, 1.165) is 42.8 Å². The lowest BCUT2D eigenvalue weighted by molar-refractivity contribution is 0.0218. The van der Waals surface area contributed by atoms with Crippen molar-refractivity contribution in [1.29, 1.82) is 0 Å². The van der Waals surface area contributed by atoms with E-state index in [0.29, 0.717) is 19.5 Å². The maximum absolute atomic E-state index is 12.7. The number of H-pyrrole nitrogens is 1. The van der Waals surface area contributed by atoms with Gasteiger partial charge in [-0.25, -0.2) is 14.6 Å². The van der Waals surface area contributed by atoms with Crippen molar-refractivity contribution in [3.63, 3.8) is 0 Å². The van der Waals surface area contributed by atoms with Gasteiger partial charge >= 0.3 is 12.2 Å². The molecule has 1 aromatic heterocycles. The minimum absolute atomic E-state index is 0.0832. The first-order chi connectivity index (χ1) is 15.7. The monoisotopic (exact) mass is 454 g/mol. The van der Waals surface area contributed by atoms with Gasteiger partial charge in [0.15, 0.2) is 0 Å². The van der Waals surface area contributed by atoms with E-state index in [-0.39, 0.29) is 24.1 Å². The molecule has 3 unspecified atom stereocenters. The van der Waals surface area contributed by atoms with Crippen molar-refractivity contribution in [2.24, 2.45) is 0 Å². The number of hydrogen-bond acceptors (Lipinski definition) is 4. The van der Waals surface area contributed by atoms with Crippen LogP contribution in [0.2, 0.25) is 0 Å². The average molecular weight is 455 g/mol. The van der Waals surface area contributed by atoms with Gasteiger partial charge in [-0.15, -0.1) is 0 Å². The van der Waals surface area contributed by atoms with E-state index in [1.807, 2.05) is 57.3 Å². The van der Waals surface area contributed by atoms with Gasteiger partial charge in [0.05, 0.1) is 6.04 Å². The van der Waals surface area contributed by atoms with Gasteiger partial charge in [-0.05, 0) is 58.4 Å². The van der Waals surface area contributed by atoms with Crippen molar-refractivity contribution < 1.29 is 19.4 Å². The lowest BCUT2D eigenvalue weighted by Gasteiger charge is -2.37. The van der Waals surface area contributed by atoms with Crippen LogP contribution in [0.25, 0.3) is 0 Å². The van der Waals surface area contributed by atoms with Gasteiger partial charge in [-0.2, -0.15) is 0 Å². The van der Waals surface area contributed by atoms with Crippen LogP contribution in [0.1, 0.15) is 75.5 Å². The van der Waals surface area contributed by atoms with E-state index >= 15 is 0 Å². The van der Waals surface area contributed by atoms with Crippen molar-refractivity contribution in [3.05, 3.63) is 53.6 Å². The van der Waals surface area contributed by atoms with Crippen LogP contribution in [-0.2, 0) is 11.2 Å². The molecule has 2 aliphatic rings. The number of carboxylic acid groups (broad SMARTS) is 1. The number of hydrogen-bond donors (Lipinski definition) is 2. The zero-order valence-corrected chi connectivity index (χ0v) is 19.7. The summed E-state index contributed by atoms with van der Waals surface area (Å²) in [6.07, 6.45) is 4.64. The van der Waals surface area contributed by atoms with Crippen molar-refractivity contribution in [2.75, 3.05) is 13.1 Å². The third-order valence-corrected chi connectivity index (χ3v) is 6.53. The molecule has 8 nitrogen and oxygen atoms in total. The van der Waals surface area contributed by atoms with Gasteiger partial charge in [0.2, 0.25) is 0 Å². The molecule has 2 amide bonds. The fourth-order valence-electron chi connectivity index (χ4n) is 4.98. The predicted octanol–water partition coefficient (Wildman–Crippen LogP) is 4.95. The number of aromatic amines is 1. The summed E-state index contributed by atoms with van der Waals surface area (Å²) in [5, 5.41) is 9.71. The number of likely N-dealkylation sites (tertiary alicyclic amines) is 2. The zero-order chi connectivity index (χ0) is 23.6. The highest BCUT2D eigenvalue weighted by Gasteiger charge is 2.36. The molecule has 2 fully saturated rings. The maximum Gasteiger partial charge on any atom is 0.410 e. The third-order valence-electron chi connectivity index (χ3n) is 6.53. The van der Waals surface area contributed by atoms with E-state index in [4.69, 9.17) is 4.74 Å². The zero-order valence-electron chi connectivity index (χ0n) is 19.7. The Morgan fingerprint density at radius 2 is 1.91 bits per heavy atom. The lowest BCUT2D eigenvalue weighted by atomic mass is 9.86. The number of rotatable bonds is 4. The molecule has 0 bridgehead atoms. The highest BCUT2D eigenvalue weighted by molar-refractivity contribution is 5.69. The van der Waals surface area contributed by atoms with Crippen LogP contribution in [0, 0.1) is 0 Å². The molecule has 178 valence electrons. The summed E-state index contributed by atoms with van der Waals surface area (Å²) in [4.78, 5) is 35.9. The van der Waals surface area contributed by atoms with Gasteiger partial charge < -0.3 is 19.7 Å². The van der Waals surface area contributed by atoms with E-state index in [2.05, 4.69) is 9.97 Å². The molecule has 2 saturated heterocycles. The molecule has 0 aliphatic carbocycles. The van der Waals surface area contributed by atoms with Gasteiger partial charge in [0, 0.05) is 36.9 Å². The number of benzene rings is 1. The summed E-state index contributed by atoms with van der Waals surface area (Å²) in [6, 6.07) is 9.83. The summed E-state index contributed by atoms with van der Waals surface area (Å²) >= 11 is 0. The molecule has 4 rings (SSSR count). The summed E-state index contributed by atoms with van der Waals surface area (Å²) in [5.41, 5.74) is 1.62. The molecule has 0 saturated carbocycles. The Hall–Kier alpha value is -3.03. The number of nitrogens with zero attached hydrogens (tertiary/aromatic N) is 3. The molecule has 2 N–H and O–H groups in total. The van der Waals surface area contributed by atoms with Crippen molar-refractivity contribution in [2.45, 2.75) is 76.5 Å². The Balaban J connectivity index is 1.47. The minimum Gasteiger partial charge on any atom is -0.465 e. The van der Waals surface area contributed by atoms with Crippen LogP contribution in [0.15, 0.2) is 36.5 Å². The third kappa shape index (κ3) is 5.49. The maximum atomic E-state index is 12.7. The van der Waals surface area contributed by atoms with Crippen molar-refractivity contribution in [1.82, 2.24) is 19.8 Å². The standard InChI is InChI=1S/C25H34N4O4/c1-25(2,3)33-24(32)29-12-7-10-21(29)22-26-16-20(27-22)18-11-13-28(23(30)31)19(15-18)14-17-8-5-4-6-9-17/h4-6,8-9,16,18-19,21H,7,10-15H2,1-3H3,(H,26,27)(H,30,31). The van der Waals surface area contributed by atoms with Gasteiger partial charge in [0.25, 0.3) is 0 Å².